The van der Waals surface area contributed by atoms with Crippen molar-refractivity contribution in [1.29, 1.82) is 0 Å². The minimum Gasteiger partial charge on any atom is -0.481 e. The van der Waals surface area contributed by atoms with E-state index in [0.29, 0.717) is 12.5 Å². The highest BCUT2D eigenvalue weighted by atomic mass is 16.4. The molecule has 0 saturated carbocycles. The lowest BCUT2D eigenvalue weighted by atomic mass is 9.96. The van der Waals surface area contributed by atoms with Crippen molar-refractivity contribution in [2.45, 2.75) is 39.0 Å². The summed E-state index contributed by atoms with van der Waals surface area (Å²) in [5.41, 5.74) is 2.00. The third-order valence-corrected chi connectivity index (χ3v) is 4.88. The number of anilines is 1. The Kier molecular flexibility index (Phi) is 6.17. The molecule has 1 aromatic rings. The first-order valence-electron chi connectivity index (χ1n) is 8.71. The summed E-state index contributed by atoms with van der Waals surface area (Å²) in [6.07, 6.45) is 1.05. The fourth-order valence-corrected chi connectivity index (χ4v) is 3.16. The van der Waals surface area contributed by atoms with Crippen LogP contribution < -0.4 is 4.90 Å². The second-order valence-corrected chi connectivity index (χ2v) is 6.68. The summed E-state index contributed by atoms with van der Waals surface area (Å²) in [5.74, 6) is -1.25. The van der Waals surface area contributed by atoms with E-state index in [0.717, 1.165) is 17.7 Å². The second-order valence-electron chi connectivity index (χ2n) is 6.68. The summed E-state index contributed by atoms with van der Waals surface area (Å²) in [5, 5.41) is 8.75. The maximum absolute atomic E-state index is 12.5. The molecule has 1 aromatic carbocycles. The molecule has 6 nitrogen and oxygen atoms in total. The standard InChI is InChI=1S/C19H26N2O4/c1-4-13(2)15-7-5-6-8-16(15)21-12-14(11-17(21)22)19(25)20(3)10-9-18(23)24/h5-8,13-14H,4,9-12H2,1-3H3,(H,23,24). The van der Waals surface area contributed by atoms with Crippen LogP contribution in [0.1, 0.15) is 44.6 Å². The van der Waals surface area contributed by atoms with Gasteiger partial charge in [0.15, 0.2) is 0 Å². The Bertz CT molecular complexity index is 659. The van der Waals surface area contributed by atoms with Gasteiger partial charge >= 0.3 is 5.97 Å². The van der Waals surface area contributed by atoms with Gasteiger partial charge in [0.25, 0.3) is 0 Å². The Morgan fingerprint density at radius 3 is 2.68 bits per heavy atom. The molecule has 0 spiro atoms. The zero-order valence-corrected chi connectivity index (χ0v) is 15.1. The van der Waals surface area contributed by atoms with Gasteiger partial charge in [0.1, 0.15) is 0 Å². The van der Waals surface area contributed by atoms with E-state index in [1.807, 2.05) is 24.3 Å². The van der Waals surface area contributed by atoms with Crippen molar-refractivity contribution in [1.82, 2.24) is 4.90 Å². The molecule has 2 atom stereocenters. The lowest BCUT2D eigenvalue weighted by molar-refractivity contribution is -0.139. The molecule has 0 bridgehead atoms. The van der Waals surface area contributed by atoms with Crippen LogP contribution in [0.2, 0.25) is 0 Å². The number of hydrogen-bond acceptors (Lipinski definition) is 3. The predicted molar refractivity (Wildman–Crippen MR) is 95.5 cm³/mol. The molecule has 25 heavy (non-hydrogen) atoms. The first-order chi connectivity index (χ1) is 11.8. The number of benzene rings is 1. The van der Waals surface area contributed by atoms with Crippen LogP contribution in [-0.2, 0) is 14.4 Å². The zero-order valence-electron chi connectivity index (χ0n) is 15.1. The number of carboxylic acids is 1. The normalized spacial score (nSPS) is 18.3. The molecule has 6 heteroatoms. The predicted octanol–water partition coefficient (Wildman–Crippen LogP) is 2.49. The van der Waals surface area contributed by atoms with Crippen molar-refractivity contribution in [2.24, 2.45) is 5.92 Å². The highest BCUT2D eigenvalue weighted by Gasteiger charge is 2.37. The Hall–Kier alpha value is -2.37. The van der Waals surface area contributed by atoms with Crippen molar-refractivity contribution >= 4 is 23.5 Å². The average molecular weight is 346 g/mol. The monoisotopic (exact) mass is 346 g/mol. The van der Waals surface area contributed by atoms with Crippen molar-refractivity contribution < 1.29 is 19.5 Å². The number of rotatable bonds is 7. The molecule has 2 rings (SSSR count). The molecule has 2 unspecified atom stereocenters. The van der Waals surface area contributed by atoms with Gasteiger partial charge in [0.05, 0.1) is 12.3 Å². The van der Waals surface area contributed by atoms with Crippen LogP contribution in [-0.4, -0.2) is 47.9 Å². The maximum atomic E-state index is 12.5. The quantitative estimate of drug-likeness (QED) is 0.823. The zero-order chi connectivity index (χ0) is 18.6. The van der Waals surface area contributed by atoms with Crippen LogP contribution in [0.15, 0.2) is 24.3 Å². The van der Waals surface area contributed by atoms with E-state index in [2.05, 4.69) is 13.8 Å². The SMILES string of the molecule is CCC(C)c1ccccc1N1CC(C(=O)N(C)CCC(=O)O)CC1=O. The van der Waals surface area contributed by atoms with Gasteiger partial charge in [0, 0.05) is 32.2 Å². The van der Waals surface area contributed by atoms with Crippen LogP contribution in [0, 0.1) is 5.92 Å². The number of carbonyl (C=O) groups excluding carboxylic acids is 2. The Morgan fingerprint density at radius 2 is 2.04 bits per heavy atom. The Balaban J connectivity index is 2.13. The van der Waals surface area contributed by atoms with Gasteiger partial charge in [-0.2, -0.15) is 0 Å². The molecule has 1 N–H and O–H groups in total. The summed E-state index contributed by atoms with van der Waals surface area (Å²) in [7, 11) is 1.59. The van der Waals surface area contributed by atoms with Gasteiger partial charge < -0.3 is 14.9 Å². The molecule has 2 amide bonds. The van der Waals surface area contributed by atoms with Crippen LogP contribution in [0.25, 0.3) is 0 Å². The van der Waals surface area contributed by atoms with Gasteiger partial charge in [-0.05, 0) is 24.0 Å². The van der Waals surface area contributed by atoms with Gasteiger partial charge in [-0.3, -0.25) is 14.4 Å². The minimum absolute atomic E-state index is 0.0549. The number of nitrogens with zero attached hydrogens (tertiary/aromatic N) is 2. The summed E-state index contributed by atoms with van der Waals surface area (Å²) >= 11 is 0. The molecule has 0 aromatic heterocycles. The molecular formula is C19H26N2O4. The van der Waals surface area contributed by atoms with Crippen molar-refractivity contribution in [2.75, 3.05) is 25.0 Å². The van der Waals surface area contributed by atoms with Crippen molar-refractivity contribution in [3.05, 3.63) is 29.8 Å². The van der Waals surface area contributed by atoms with Gasteiger partial charge in [-0.1, -0.05) is 32.0 Å². The summed E-state index contributed by atoms with van der Waals surface area (Å²) in [4.78, 5) is 38.8. The average Bonchev–Trinajstić information content (AvgIpc) is 2.99. The number of para-hydroxylation sites is 1. The number of hydrogen-bond donors (Lipinski definition) is 1. The lowest BCUT2D eigenvalue weighted by Gasteiger charge is -2.24. The Labute approximate surface area is 148 Å². The van der Waals surface area contributed by atoms with Crippen molar-refractivity contribution in [3.63, 3.8) is 0 Å². The van der Waals surface area contributed by atoms with Crippen molar-refractivity contribution in [3.8, 4) is 0 Å². The first kappa shape index (κ1) is 19.0. The van der Waals surface area contributed by atoms with E-state index < -0.39 is 11.9 Å². The van der Waals surface area contributed by atoms with Crippen LogP contribution in [0.3, 0.4) is 0 Å². The van der Waals surface area contributed by atoms with E-state index >= 15 is 0 Å². The number of carboxylic acid groups (broad SMARTS) is 1. The Morgan fingerprint density at radius 1 is 1.36 bits per heavy atom. The molecular weight excluding hydrogens is 320 g/mol. The van der Waals surface area contributed by atoms with Gasteiger partial charge in [0.2, 0.25) is 11.8 Å². The molecule has 1 fully saturated rings. The molecule has 1 aliphatic rings. The summed E-state index contributed by atoms with van der Waals surface area (Å²) < 4.78 is 0. The van der Waals surface area contributed by atoms with E-state index in [4.69, 9.17) is 5.11 Å². The minimum atomic E-state index is -0.939. The maximum Gasteiger partial charge on any atom is 0.305 e. The van der Waals surface area contributed by atoms with Crippen LogP contribution in [0.5, 0.6) is 0 Å². The third-order valence-electron chi connectivity index (χ3n) is 4.88. The number of carbonyl (C=O) groups is 3. The molecule has 0 aliphatic carbocycles. The fourth-order valence-electron chi connectivity index (χ4n) is 3.16. The van der Waals surface area contributed by atoms with E-state index in [1.54, 1.807) is 11.9 Å². The van der Waals surface area contributed by atoms with Crippen LogP contribution in [0.4, 0.5) is 5.69 Å². The third kappa shape index (κ3) is 4.38. The topological polar surface area (TPSA) is 77.9 Å². The highest BCUT2D eigenvalue weighted by Crippen LogP contribution is 2.33. The molecule has 1 heterocycles. The summed E-state index contributed by atoms with van der Waals surface area (Å²) in [6, 6.07) is 7.84. The van der Waals surface area contributed by atoms with Crippen LogP contribution >= 0.6 is 0 Å². The van der Waals surface area contributed by atoms with E-state index in [9.17, 15) is 14.4 Å². The molecule has 136 valence electrons. The largest absolute Gasteiger partial charge is 0.481 e. The van der Waals surface area contributed by atoms with E-state index in [1.165, 1.54) is 4.90 Å². The summed E-state index contributed by atoms with van der Waals surface area (Å²) in [6.45, 7) is 4.74. The smallest absolute Gasteiger partial charge is 0.305 e. The molecule has 0 radical (unpaired) electrons. The second kappa shape index (κ2) is 8.14. The lowest BCUT2D eigenvalue weighted by Crippen LogP contribution is -2.36. The number of aliphatic carboxylic acids is 1. The number of amides is 2. The van der Waals surface area contributed by atoms with E-state index in [-0.39, 0.29) is 31.2 Å². The fraction of sp³-hybridized carbons (Fsp3) is 0.526. The van der Waals surface area contributed by atoms with Gasteiger partial charge in [-0.15, -0.1) is 0 Å². The highest BCUT2D eigenvalue weighted by molar-refractivity contribution is 6.00. The molecule has 1 aliphatic heterocycles. The van der Waals surface area contributed by atoms with Gasteiger partial charge in [-0.25, -0.2) is 0 Å². The molecule has 1 saturated heterocycles. The first-order valence-corrected chi connectivity index (χ1v) is 8.71.